The normalized spacial score (nSPS) is 10.3. The Kier molecular flexibility index (Phi) is 36.9. The van der Waals surface area contributed by atoms with Gasteiger partial charge in [0.05, 0.1) is 0 Å². The van der Waals surface area contributed by atoms with Gasteiger partial charge in [-0.05, 0) is 12.8 Å². The van der Waals surface area contributed by atoms with Gasteiger partial charge in [-0.3, -0.25) is 0 Å². The maximum Gasteiger partial charge on any atom is 0.168 e. The summed E-state index contributed by atoms with van der Waals surface area (Å²) in [5.74, 6) is 0. The summed E-state index contributed by atoms with van der Waals surface area (Å²) in [6.07, 6.45) is 42.9. The second-order valence-corrected chi connectivity index (χ2v) is 12.0. The van der Waals surface area contributed by atoms with Gasteiger partial charge in [-0.15, -0.1) is 0 Å². The molecule has 0 aliphatic rings. The molecule has 0 aromatic carbocycles. The van der Waals surface area contributed by atoms with Crippen LogP contribution < -0.4 is 33.9 Å². The second kappa shape index (κ2) is 36.1. The third-order valence-corrected chi connectivity index (χ3v) is 8.09. The largest absolute Gasteiger partial charge is 1.00 e. The van der Waals surface area contributed by atoms with Crippen molar-refractivity contribution in [1.29, 1.82) is 0 Å². The SMILES string of the molecule is CCCCCCCCCCCCCC[n+]1ccccc1.CCCCCCCCCCCCCC[n+]1ccccc1.[Cl-].[Cl-]. The first kappa shape index (κ1) is 43.0. The van der Waals surface area contributed by atoms with Gasteiger partial charge in [0, 0.05) is 37.1 Å². The predicted octanol–water partition coefficient (Wildman–Crippen LogP) is 5.36. The summed E-state index contributed by atoms with van der Waals surface area (Å²) in [4.78, 5) is 0. The standard InChI is InChI=1S/2C19H34N.2ClH/c2*1-2-3-4-5-6-7-8-9-10-11-12-14-17-20-18-15-13-16-19-20;;/h2*13,15-16,18-19H,2-12,14,17H2,1H3;2*1H/q2*+1;;/p-2. The second-order valence-electron chi connectivity index (χ2n) is 12.0. The first-order valence-corrected chi connectivity index (χ1v) is 17.7. The van der Waals surface area contributed by atoms with Crippen LogP contribution in [0.2, 0.25) is 0 Å². The quantitative estimate of drug-likeness (QED) is 0.0986. The van der Waals surface area contributed by atoms with Gasteiger partial charge >= 0.3 is 0 Å². The lowest BCUT2D eigenvalue weighted by Crippen LogP contribution is -3.00. The van der Waals surface area contributed by atoms with Crippen molar-refractivity contribution < 1.29 is 33.9 Å². The number of halogens is 2. The zero-order valence-corrected chi connectivity index (χ0v) is 29.3. The minimum Gasteiger partial charge on any atom is -1.00 e. The molecule has 0 saturated carbocycles. The van der Waals surface area contributed by atoms with Crippen LogP contribution in [0.4, 0.5) is 0 Å². The first-order valence-electron chi connectivity index (χ1n) is 17.7. The lowest BCUT2D eigenvalue weighted by atomic mass is 10.1. The van der Waals surface area contributed by atoms with Gasteiger partial charge in [0.15, 0.2) is 24.8 Å². The summed E-state index contributed by atoms with van der Waals surface area (Å²) < 4.78 is 4.58. The Morgan fingerprint density at radius 1 is 0.286 bits per heavy atom. The Labute approximate surface area is 275 Å². The molecule has 2 nitrogen and oxygen atoms in total. The van der Waals surface area contributed by atoms with Gasteiger partial charge < -0.3 is 24.8 Å². The Hall–Kier alpha value is -1.12. The molecule has 0 fully saturated rings. The van der Waals surface area contributed by atoms with Crippen LogP contribution in [0, 0.1) is 0 Å². The van der Waals surface area contributed by atoms with Crippen molar-refractivity contribution in [3.63, 3.8) is 0 Å². The molecule has 0 amide bonds. The van der Waals surface area contributed by atoms with Crippen LogP contribution in [0.1, 0.15) is 168 Å². The number of rotatable bonds is 26. The molecular weight excluding hydrogens is 555 g/mol. The molecule has 244 valence electrons. The van der Waals surface area contributed by atoms with E-state index in [1.54, 1.807) is 0 Å². The summed E-state index contributed by atoms with van der Waals surface area (Å²) in [6, 6.07) is 12.6. The highest BCUT2D eigenvalue weighted by Crippen LogP contribution is 2.13. The predicted molar refractivity (Wildman–Crippen MR) is 175 cm³/mol. The number of aromatic nitrogens is 2. The summed E-state index contributed by atoms with van der Waals surface area (Å²) >= 11 is 0. The van der Waals surface area contributed by atoms with Crippen LogP contribution in [0.15, 0.2) is 61.2 Å². The van der Waals surface area contributed by atoms with Gasteiger partial charge in [-0.25, -0.2) is 9.13 Å². The van der Waals surface area contributed by atoms with E-state index >= 15 is 0 Å². The van der Waals surface area contributed by atoms with Crippen molar-refractivity contribution in [1.82, 2.24) is 0 Å². The van der Waals surface area contributed by atoms with Gasteiger partial charge in [0.25, 0.3) is 0 Å². The molecular formula is C38H68Cl2N2. The van der Waals surface area contributed by atoms with Crippen LogP contribution >= 0.6 is 0 Å². The van der Waals surface area contributed by atoms with Crippen LogP contribution in [0.3, 0.4) is 0 Å². The molecule has 0 atom stereocenters. The molecule has 0 bridgehead atoms. The van der Waals surface area contributed by atoms with Crippen molar-refractivity contribution >= 4 is 0 Å². The molecule has 0 radical (unpaired) electrons. The van der Waals surface area contributed by atoms with Crippen molar-refractivity contribution in [3.8, 4) is 0 Å². The average molecular weight is 624 g/mol. The Morgan fingerprint density at radius 2 is 0.500 bits per heavy atom. The maximum absolute atomic E-state index is 2.29. The van der Waals surface area contributed by atoms with Crippen LogP contribution in [-0.4, -0.2) is 0 Å². The maximum atomic E-state index is 2.29. The number of hydrogen-bond acceptors (Lipinski definition) is 0. The van der Waals surface area contributed by atoms with Crippen LogP contribution in [-0.2, 0) is 13.1 Å². The minimum atomic E-state index is 0. The van der Waals surface area contributed by atoms with E-state index in [0.29, 0.717) is 0 Å². The van der Waals surface area contributed by atoms with E-state index in [9.17, 15) is 0 Å². The minimum absolute atomic E-state index is 0. The van der Waals surface area contributed by atoms with Crippen LogP contribution in [0.25, 0.3) is 0 Å². The third-order valence-electron chi connectivity index (χ3n) is 8.09. The zero-order valence-electron chi connectivity index (χ0n) is 27.8. The molecule has 0 unspecified atom stereocenters. The van der Waals surface area contributed by atoms with Crippen molar-refractivity contribution in [2.24, 2.45) is 0 Å². The van der Waals surface area contributed by atoms with E-state index in [4.69, 9.17) is 0 Å². The van der Waals surface area contributed by atoms with E-state index in [2.05, 4.69) is 84.2 Å². The van der Waals surface area contributed by atoms with E-state index in [-0.39, 0.29) is 24.8 Å². The summed E-state index contributed by atoms with van der Waals surface area (Å²) in [6.45, 7) is 6.93. The topological polar surface area (TPSA) is 7.76 Å². The number of pyridine rings is 2. The molecule has 0 aliphatic carbocycles. The zero-order chi connectivity index (χ0) is 28.6. The van der Waals surface area contributed by atoms with E-state index in [1.165, 1.54) is 167 Å². The van der Waals surface area contributed by atoms with Crippen molar-refractivity contribution in [3.05, 3.63) is 61.2 Å². The fraction of sp³-hybridized carbons (Fsp3) is 0.737. The Balaban J connectivity index is 0. The molecule has 2 aromatic rings. The highest BCUT2D eigenvalue weighted by molar-refractivity contribution is 4.84. The van der Waals surface area contributed by atoms with E-state index in [0.717, 1.165) is 0 Å². The van der Waals surface area contributed by atoms with Crippen molar-refractivity contribution in [2.75, 3.05) is 0 Å². The van der Waals surface area contributed by atoms with E-state index in [1.807, 2.05) is 0 Å². The van der Waals surface area contributed by atoms with E-state index < -0.39 is 0 Å². The molecule has 0 saturated heterocycles. The molecule has 2 aromatic heterocycles. The fourth-order valence-electron chi connectivity index (χ4n) is 5.44. The molecule has 0 spiro atoms. The van der Waals surface area contributed by atoms with Gasteiger partial charge in [-0.2, -0.15) is 0 Å². The summed E-state index contributed by atoms with van der Waals surface area (Å²) in [7, 11) is 0. The molecule has 0 aliphatic heterocycles. The Bertz CT molecular complexity index is 663. The number of aryl methyl sites for hydroxylation is 2. The van der Waals surface area contributed by atoms with Gasteiger partial charge in [0.2, 0.25) is 0 Å². The summed E-state index contributed by atoms with van der Waals surface area (Å²) in [5, 5.41) is 0. The van der Waals surface area contributed by atoms with Gasteiger partial charge in [0.1, 0.15) is 13.1 Å². The molecule has 4 heteroatoms. The Morgan fingerprint density at radius 3 is 0.738 bits per heavy atom. The monoisotopic (exact) mass is 622 g/mol. The number of hydrogen-bond donors (Lipinski definition) is 0. The smallest absolute Gasteiger partial charge is 0.168 e. The lowest BCUT2D eigenvalue weighted by Gasteiger charge is -2.02. The number of unbranched alkanes of at least 4 members (excludes halogenated alkanes) is 22. The first-order chi connectivity index (χ1) is 19.9. The highest BCUT2D eigenvalue weighted by Gasteiger charge is 1.99. The van der Waals surface area contributed by atoms with Gasteiger partial charge in [-0.1, -0.05) is 154 Å². The average Bonchev–Trinajstić information content (AvgIpc) is 3.00. The van der Waals surface area contributed by atoms with Crippen molar-refractivity contribution in [2.45, 2.75) is 181 Å². The van der Waals surface area contributed by atoms with Crippen LogP contribution in [0.5, 0.6) is 0 Å². The molecule has 0 N–H and O–H groups in total. The lowest BCUT2D eigenvalue weighted by molar-refractivity contribution is -0.697. The third kappa shape index (κ3) is 30.3. The summed E-state index contributed by atoms with van der Waals surface area (Å²) in [5.41, 5.74) is 0. The highest BCUT2D eigenvalue weighted by atomic mass is 35.5. The molecule has 42 heavy (non-hydrogen) atoms. The fourth-order valence-corrected chi connectivity index (χ4v) is 5.44. The molecule has 2 rings (SSSR count). The molecule has 2 heterocycles. The number of nitrogens with zero attached hydrogens (tertiary/aromatic N) is 2.